The van der Waals surface area contributed by atoms with E-state index in [4.69, 9.17) is 28.9 Å². The lowest BCUT2D eigenvalue weighted by molar-refractivity contribution is 0.600. The van der Waals surface area contributed by atoms with Gasteiger partial charge in [-0.2, -0.15) is 0 Å². The van der Waals surface area contributed by atoms with Crippen molar-refractivity contribution in [3.05, 3.63) is 56.5 Å². The molecule has 0 amide bonds. The number of nitrogens with two attached hydrogens (primary N) is 1. The molecule has 2 aromatic rings. The predicted molar refractivity (Wildman–Crippen MR) is 89.3 cm³/mol. The maximum absolute atomic E-state index is 12.5. The Kier molecular flexibility index (Phi) is 5.16. The van der Waals surface area contributed by atoms with Crippen LogP contribution in [0.1, 0.15) is 5.56 Å². The number of rotatable bonds is 4. The Bertz CT molecular complexity index is 758. The second-order valence-corrected chi connectivity index (χ2v) is 7.54. The quantitative estimate of drug-likeness (QED) is 0.800. The van der Waals surface area contributed by atoms with Gasteiger partial charge in [0.2, 0.25) is 0 Å². The summed E-state index contributed by atoms with van der Waals surface area (Å²) in [6.07, 6.45) is 0. The minimum Gasteiger partial charge on any atom is -0.326 e. The van der Waals surface area contributed by atoms with Crippen molar-refractivity contribution in [3.63, 3.8) is 0 Å². The van der Waals surface area contributed by atoms with Crippen molar-refractivity contribution in [2.24, 2.45) is 5.73 Å². The fraction of sp³-hybridized carbons (Fsp3) is 0.0769. The number of sulfonamides is 1. The van der Waals surface area contributed by atoms with Crippen molar-refractivity contribution in [1.29, 1.82) is 0 Å². The molecule has 0 saturated carbocycles. The van der Waals surface area contributed by atoms with E-state index in [1.807, 2.05) is 0 Å². The SMILES string of the molecule is NCc1ccccc1S(=O)(=O)Nc1c(Cl)cc(Br)cc1Cl. The van der Waals surface area contributed by atoms with Gasteiger partial charge in [0.25, 0.3) is 10.0 Å². The van der Waals surface area contributed by atoms with Crippen molar-refractivity contribution in [1.82, 2.24) is 0 Å². The van der Waals surface area contributed by atoms with Gasteiger partial charge in [-0.1, -0.05) is 57.3 Å². The molecule has 0 saturated heterocycles. The Morgan fingerprint density at radius 1 is 1.14 bits per heavy atom. The zero-order valence-corrected chi connectivity index (χ0v) is 14.5. The lowest BCUT2D eigenvalue weighted by atomic mass is 10.2. The average Bonchev–Trinajstić information content (AvgIpc) is 2.43. The van der Waals surface area contributed by atoms with Crippen molar-refractivity contribution >= 4 is 54.8 Å². The molecule has 0 aromatic heterocycles. The van der Waals surface area contributed by atoms with Crippen molar-refractivity contribution in [3.8, 4) is 0 Å². The number of hydrogen-bond acceptors (Lipinski definition) is 3. The minimum absolute atomic E-state index is 0.0996. The topological polar surface area (TPSA) is 72.2 Å². The largest absolute Gasteiger partial charge is 0.326 e. The molecule has 0 atom stereocenters. The summed E-state index contributed by atoms with van der Waals surface area (Å²) in [6, 6.07) is 9.59. The van der Waals surface area contributed by atoms with E-state index in [-0.39, 0.29) is 27.2 Å². The van der Waals surface area contributed by atoms with Gasteiger partial charge >= 0.3 is 0 Å². The summed E-state index contributed by atoms with van der Waals surface area (Å²) in [5.74, 6) is 0. The van der Waals surface area contributed by atoms with Crippen LogP contribution in [0.3, 0.4) is 0 Å². The van der Waals surface area contributed by atoms with Gasteiger partial charge in [-0.25, -0.2) is 8.42 Å². The molecule has 4 nitrogen and oxygen atoms in total. The molecule has 0 fully saturated rings. The Balaban J connectivity index is 2.48. The van der Waals surface area contributed by atoms with Gasteiger partial charge in [0.1, 0.15) is 0 Å². The monoisotopic (exact) mass is 408 g/mol. The van der Waals surface area contributed by atoms with Crippen LogP contribution in [0.4, 0.5) is 5.69 Å². The molecule has 0 radical (unpaired) electrons. The normalized spacial score (nSPS) is 11.4. The van der Waals surface area contributed by atoms with Gasteiger partial charge in [-0.3, -0.25) is 4.72 Å². The molecular weight excluding hydrogens is 399 g/mol. The molecule has 0 aliphatic heterocycles. The minimum atomic E-state index is -3.83. The van der Waals surface area contributed by atoms with Gasteiger partial charge in [-0.15, -0.1) is 0 Å². The van der Waals surface area contributed by atoms with Gasteiger partial charge < -0.3 is 5.73 Å². The summed E-state index contributed by atoms with van der Waals surface area (Å²) >= 11 is 15.3. The number of nitrogens with one attached hydrogen (secondary N) is 1. The lowest BCUT2D eigenvalue weighted by Gasteiger charge is -2.13. The summed E-state index contributed by atoms with van der Waals surface area (Å²) in [4.78, 5) is 0.0996. The van der Waals surface area contributed by atoms with Crippen molar-refractivity contribution in [2.75, 3.05) is 4.72 Å². The van der Waals surface area contributed by atoms with Gasteiger partial charge in [0.15, 0.2) is 0 Å². The van der Waals surface area contributed by atoms with Crippen LogP contribution in [-0.4, -0.2) is 8.42 Å². The lowest BCUT2D eigenvalue weighted by Crippen LogP contribution is -2.16. The molecule has 21 heavy (non-hydrogen) atoms. The molecule has 2 aromatic carbocycles. The Morgan fingerprint density at radius 3 is 2.29 bits per heavy atom. The third kappa shape index (κ3) is 3.70. The molecule has 0 bridgehead atoms. The van der Waals surface area contributed by atoms with E-state index in [1.165, 1.54) is 6.07 Å². The third-order valence-corrected chi connectivity index (χ3v) is 5.23. The fourth-order valence-electron chi connectivity index (χ4n) is 1.76. The Morgan fingerprint density at radius 2 is 1.71 bits per heavy atom. The molecule has 2 rings (SSSR count). The van der Waals surface area contributed by atoms with Crippen LogP contribution >= 0.6 is 39.1 Å². The van der Waals surface area contributed by atoms with E-state index in [9.17, 15) is 8.42 Å². The molecule has 0 heterocycles. The van der Waals surface area contributed by atoms with E-state index in [2.05, 4.69) is 20.7 Å². The third-order valence-electron chi connectivity index (χ3n) is 2.73. The molecule has 0 spiro atoms. The summed E-state index contributed by atoms with van der Waals surface area (Å²) in [6.45, 7) is 0.110. The van der Waals surface area contributed by atoms with Crippen LogP contribution in [0.2, 0.25) is 10.0 Å². The van der Waals surface area contributed by atoms with Crippen LogP contribution in [0, 0.1) is 0 Å². The van der Waals surface area contributed by atoms with Gasteiger partial charge in [0, 0.05) is 11.0 Å². The molecule has 0 aliphatic rings. The first-order valence-corrected chi connectivity index (χ1v) is 8.83. The van der Waals surface area contributed by atoms with Crippen molar-refractivity contribution < 1.29 is 8.42 Å². The molecule has 8 heteroatoms. The molecule has 0 unspecified atom stereocenters. The maximum Gasteiger partial charge on any atom is 0.262 e. The van der Waals surface area contributed by atoms with Crippen LogP contribution in [-0.2, 0) is 16.6 Å². The highest BCUT2D eigenvalue weighted by molar-refractivity contribution is 9.10. The first-order chi connectivity index (χ1) is 9.85. The summed E-state index contributed by atoms with van der Waals surface area (Å²) in [5.41, 5.74) is 6.21. The molecule has 0 aliphatic carbocycles. The molecular formula is C13H11BrCl2N2O2S. The first kappa shape index (κ1) is 16.6. The van der Waals surface area contributed by atoms with Crippen LogP contribution in [0.5, 0.6) is 0 Å². The first-order valence-electron chi connectivity index (χ1n) is 5.80. The van der Waals surface area contributed by atoms with Crippen LogP contribution in [0.15, 0.2) is 45.8 Å². The predicted octanol–water partition coefficient (Wildman–Crippen LogP) is 4.02. The van der Waals surface area contributed by atoms with Crippen molar-refractivity contribution in [2.45, 2.75) is 11.4 Å². The van der Waals surface area contributed by atoms with Gasteiger partial charge in [0.05, 0.1) is 20.6 Å². The van der Waals surface area contributed by atoms with Gasteiger partial charge in [-0.05, 0) is 23.8 Å². The summed E-state index contributed by atoms with van der Waals surface area (Å²) in [5, 5.41) is 0.395. The molecule has 3 N–H and O–H groups in total. The summed E-state index contributed by atoms with van der Waals surface area (Å²) < 4.78 is 28.0. The van der Waals surface area contributed by atoms with Crippen LogP contribution in [0.25, 0.3) is 0 Å². The second-order valence-electron chi connectivity index (χ2n) is 4.16. The molecule has 112 valence electrons. The highest BCUT2D eigenvalue weighted by Gasteiger charge is 2.20. The summed E-state index contributed by atoms with van der Waals surface area (Å²) in [7, 11) is -3.83. The van der Waals surface area contributed by atoms with E-state index in [1.54, 1.807) is 30.3 Å². The zero-order valence-electron chi connectivity index (χ0n) is 10.6. The van der Waals surface area contributed by atoms with E-state index >= 15 is 0 Å². The number of anilines is 1. The Hall–Kier alpha value is -0.790. The maximum atomic E-state index is 12.5. The standard InChI is InChI=1S/C13H11BrCl2N2O2S/c14-9-5-10(15)13(11(16)6-9)18-21(19,20)12-4-2-1-3-8(12)7-17/h1-6,18H,7,17H2. The number of hydrogen-bond donors (Lipinski definition) is 2. The fourth-order valence-corrected chi connectivity index (χ4v) is 4.53. The number of benzene rings is 2. The highest BCUT2D eigenvalue weighted by atomic mass is 79.9. The van der Waals surface area contributed by atoms with E-state index < -0.39 is 10.0 Å². The second kappa shape index (κ2) is 6.54. The smallest absolute Gasteiger partial charge is 0.262 e. The van der Waals surface area contributed by atoms with E-state index in [0.29, 0.717) is 10.0 Å². The highest BCUT2D eigenvalue weighted by Crippen LogP contribution is 2.35. The Labute approximate surface area is 141 Å². The van der Waals surface area contributed by atoms with E-state index in [0.717, 1.165) is 0 Å². The zero-order chi connectivity index (χ0) is 15.6. The number of halogens is 3. The average molecular weight is 410 g/mol. The van der Waals surface area contributed by atoms with Crippen LogP contribution < -0.4 is 10.5 Å².